The standard InChI is InChI=1S/C14H24N2S2/c1-4-7-8-10-13(15)11(17-5-2)9-12(14(10)16)18-6-3/h9H,4-8,15-16H2,1-3H3. The Hall–Kier alpha value is -0.480. The van der Waals surface area contributed by atoms with Crippen LogP contribution in [-0.2, 0) is 6.42 Å². The van der Waals surface area contributed by atoms with Crippen LogP contribution in [-0.4, -0.2) is 11.5 Å². The first-order valence-corrected chi connectivity index (χ1v) is 8.59. The smallest absolute Gasteiger partial charge is 0.0506 e. The van der Waals surface area contributed by atoms with Crippen LogP contribution in [0.4, 0.5) is 11.4 Å². The number of hydrogen-bond donors (Lipinski definition) is 2. The second kappa shape index (κ2) is 7.85. The summed E-state index contributed by atoms with van der Waals surface area (Å²) in [5.74, 6) is 2.08. The van der Waals surface area contributed by atoms with Crippen molar-refractivity contribution in [2.24, 2.45) is 0 Å². The molecule has 1 aromatic rings. The maximum Gasteiger partial charge on any atom is 0.0506 e. The largest absolute Gasteiger partial charge is 0.398 e. The quantitative estimate of drug-likeness (QED) is 0.575. The molecule has 18 heavy (non-hydrogen) atoms. The molecule has 0 radical (unpaired) electrons. The number of nitrogens with two attached hydrogens (primary N) is 2. The van der Waals surface area contributed by atoms with Crippen molar-refractivity contribution < 1.29 is 0 Å². The minimum atomic E-state index is 0.897. The summed E-state index contributed by atoms with van der Waals surface area (Å²) in [6, 6.07) is 2.16. The van der Waals surface area contributed by atoms with Gasteiger partial charge in [0.1, 0.15) is 0 Å². The normalized spacial score (nSPS) is 10.8. The highest BCUT2D eigenvalue weighted by atomic mass is 32.2. The van der Waals surface area contributed by atoms with Gasteiger partial charge < -0.3 is 11.5 Å². The third-order valence-electron chi connectivity index (χ3n) is 2.82. The highest BCUT2D eigenvalue weighted by molar-refractivity contribution is 8.00. The van der Waals surface area contributed by atoms with Crippen molar-refractivity contribution in [2.45, 2.75) is 49.8 Å². The number of anilines is 2. The zero-order valence-electron chi connectivity index (χ0n) is 11.6. The van der Waals surface area contributed by atoms with E-state index in [1.807, 2.05) is 0 Å². The van der Waals surface area contributed by atoms with E-state index in [2.05, 4.69) is 26.8 Å². The van der Waals surface area contributed by atoms with E-state index in [0.29, 0.717) is 0 Å². The van der Waals surface area contributed by atoms with Crippen LogP contribution in [0.15, 0.2) is 15.9 Å². The lowest BCUT2D eigenvalue weighted by atomic mass is 10.0. The average Bonchev–Trinajstić information content (AvgIpc) is 2.35. The predicted molar refractivity (Wildman–Crippen MR) is 86.7 cm³/mol. The third kappa shape index (κ3) is 3.75. The van der Waals surface area contributed by atoms with E-state index in [4.69, 9.17) is 11.5 Å². The van der Waals surface area contributed by atoms with Crippen LogP contribution in [0.1, 0.15) is 39.2 Å². The summed E-state index contributed by atoms with van der Waals surface area (Å²) >= 11 is 3.61. The Morgan fingerprint density at radius 2 is 1.44 bits per heavy atom. The third-order valence-corrected chi connectivity index (χ3v) is 4.70. The number of rotatable bonds is 7. The molecule has 1 aromatic carbocycles. The van der Waals surface area contributed by atoms with Gasteiger partial charge in [0.05, 0.1) is 11.4 Å². The average molecular weight is 284 g/mol. The summed E-state index contributed by atoms with van der Waals surface area (Å²) in [5, 5.41) is 0. The molecule has 0 heterocycles. The van der Waals surface area contributed by atoms with Crippen LogP contribution in [0, 0.1) is 0 Å². The van der Waals surface area contributed by atoms with E-state index in [0.717, 1.165) is 41.3 Å². The molecule has 0 saturated carbocycles. The Kier molecular flexibility index (Phi) is 6.79. The van der Waals surface area contributed by atoms with Crippen molar-refractivity contribution in [3.05, 3.63) is 11.6 Å². The molecule has 0 atom stereocenters. The molecule has 102 valence electrons. The van der Waals surface area contributed by atoms with E-state index in [1.54, 1.807) is 23.5 Å². The second-order valence-corrected chi connectivity index (χ2v) is 6.76. The fourth-order valence-electron chi connectivity index (χ4n) is 1.89. The van der Waals surface area contributed by atoms with Crippen molar-refractivity contribution in [3.63, 3.8) is 0 Å². The van der Waals surface area contributed by atoms with Crippen molar-refractivity contribution in [2.75, 3.05) is 23.0 Å². The molecular weight excluding hydrogens is 260 g/mol. The molecule has 0 saturated heterocycles. The van der Waals surface area contributed by atoms with Crippen LogP contribution in [0.25, 0.3) is 0 Å². The minimum Gasteiger partial charge on any atom is -0.398 e. The molecule has 0 amide bonds. The highest BCUT2D eigenvalue weighted by Gasteiger charge is 2.13. The zero-order valence-corrected chi connectivity index (χ0v) is 13.2. The molecule has 0 bridgehead atoms. The summed E-state index contributed by atoms with van der Waals surface area (Å²) in [5.41, 5.74) is 15.5. The fraction of sp³-hybridized carbons (Fsp3) is 0.571. The van der Waals surface area contributed by atoms with Gasteiger partial charge in [-0.1, -0.05) is 27.2 Å². The molecule has 0 spiro atoms. The molecular formula is C14H24N2S2. The predicted octanol–water partition coefficient (Wildman–Crippen LogP) is 4.42. The number of hydrogen-bond acceptors (Lipinski definition) is 4. The Labute approximate surface area is 119 Å². The molecule has 1 rings (SSSR count). The van der Waals surface area contributed by atoms with Crippen LogP contribution in [0.5, 0.6) is 0 Å². The van der Waals surface area contributed by atoms with E-state index in [1.165, 1.54) is 16.2 Å². The Balaban J connectivity index is 3.17. The summed E-state index contributed by atoms with van der Waals surface area (Å²) in [4.78, 5) is 2.38. The van der Waals surface area contributed by atoms with Gasteiger partial charge in [0, 0.05) is 15.4 Å². The van der Waals surface area contributed by atoms with Crippen molar-refractivity contribution >= 4 is 34.9 Å². The SMILES string of the molecule is CCCCc1c(N)c(SCC)cc(SCC)c1N. The molecule has 0 aliphatic heterocycles. The molecule has 4 heteroatoms. The van der Waals surface area contributed by atoms with Gasteiger partial charge >= 0.3 is 0 Å². The zero-order chi connectivity index (χ0) is 13.5. The second-order valence-electron chi connectivity index (χ2n) is 4.15. The van der Waals surface area contributed by atoms with Crippen LogP contribution in [0.2, 0.25) is 0 Å². The van der Waals surface area contributed by atoms with Crippen LogP contribution < -0.4 is 11.5 Å². The lowest BCUT2D eigenvalue weighted by Gasteiger charge is -2.16. The van der Waals surface area contributed by atoms with Gasteiger partial charge in [-0.15, -0.1) is 23.5 Å². The van der Waals surface area contributed by atoms with Crippen LogP contribution in [0.3, 0.4) is 0 Å². The van der Waals surface area contributed by atoms with Gasteiger partial charge in [0.2, 0.25) is 0 Å². The first kappa shape index (κ1) is 15.6. The molecule has 0 aromatic heterocycles. The lowest BCUT2D eigenvalue weighted by Crippen LogP contribution is -2.04. The van der Waals surface area contributed by atoms with Gasteiger partial charge in [-0.2, -0.15) is 0 Å². The topological polar surface area (TPSA) is 52.0 Å². The van der Waals surface area contributed by atoms with Crippen molar-refractivity contribution in [3.8, 4) is 0 Å². The van der Waals surface area contributed by atoms with Crippen LogP contribution >= 0.6 is 23.5 Å². The van der Waals surface area contributed by atoms with Gasteiger partial charge in [-0.25, -0.2) is 0 Å². The monoisotopic (exact) mass is 284 g/mol. The first-order chi connectivity index (χ1) is 8.65. The molecule has 0 aliphatic rings. The van der Waals surface area contributed by atoms with Crippen molar-refractivity contribution in [1.82, 2.24) is 0 Å². The maximum atomic E-state index is 6.27. The van der Waals surface area contributed by atoms with Gasteiger partial charge in [-0.3, -0.25) is 0 Å². The number of unbranched alkanes of at least 4 members (excludes halogenated alkanes) is 1. The number of benzene rings is 1. The summed E-state index contributed by atoms with van der Waals surface area (Å²) in [6.45, 7) is 6.50. The number of thioether (sulfide) groups is 2. The lowest BCUT2D eigenvalue weighted by molar-refractivity contribution is 0.795. The van der Waals surface area contributed by atoms with Gasteiger partial charge in [-0.05, 0) is 30.4 Å². The van der Waals surface area contributed by atoms with Crippen molar-refractivity contribution in [1.29, 1.82) is 0 Å². The van der Waals surface area contributed by atoms with Gasteiger partial charge in [0.15, 0.2) is 0 Å². The van der Waals surface area contributed by atoms with E-state index in [-0.39, 0.29) is 0 Å². The molecule has 2 nitrogen and oxygen atoms in total. The van der Waals surface area contributed by atoms with E-state index < -0.39 is 0 Å². The highest BCUT2D eigenvalue weighted by Crippen LogP contribution is 2.39. The van der Waals surface area contributed by atoms with Gasteiger partial charge in [0.25, 0.3) is 0 Å². The maximum absolute atomic E-state index is 6.27. The fourth-order valence-corrected chi connectivity index (χ4v) is 3.55. The molecule has 0 unspecified atom stereocenters. The number of nitrogen functional groups attached to an aromatic ring is 2. The summed E-state index contributed by atoms with van der Waals surface area (Å²) in [6.07, 6.45) is 3.30. The Morgan fingerprint density at radius 3 is 1.83 bits per heavy atom. The Bertz CT molecular complexity index is 362. The minimum absolute atomic E-state index is 0.897. The molecule has 0 aliphatic carbocycles. The Morgan fingerprint density at radius 1 is 0.944 bits per heavy atom. The van der Waals surface area contributed by atoms with E-state index in [9.17, 15) is 0 Å². The first-order valence-electron chi connectivity index (χ1n) is 6.62. The molecule has 4 N–H and O–H groups in total. The summed E-state index contributed by atoms with van der Waals surface area (Å²) in [7, 11) is 0. The molecule has 0 fully saturated rings. The van der Waals surface area contributed by atoms with E-state index >= 15 is 0 Å². The summed E-state index contributed by atoms with van der Waals surface area (Å²) < 4.78 is 0.